The summed E-state index contributed by atoms with van der Waals surface area (Å²) in [5.41, 5.74) is 7.71. The van der Waals surface area contributed by atoms with E-state index in [4.69, 9.17) is 22.1 Å². The van der Waals surface area contributed by atoms with Crippen LogP contribution in [0.3, 0.4) is 0 Å². The largest absolute Gasteiger partial charge is 0.487 e. The number of fused-ring (bicyclic) bond motifs is 1. The summed E-state index contributed by atoms with van der Waals surface area (Å²) in [5, 5.41) is 8.35. The third-order valence-corrected chi connectivity index (χ3v) is 4.96. The van der Waals surface area contributed by atoms with Crippen LogP contribution >= 0.6 is 22.9 Å². The van der Waals surface area contributed by atoms with Crippen molar-refractivity contribution in [3.63, 3.8) is 0 Å². The number of thiophene rings is 1. The second-order valence-corrected chi connectivity index (χ2v) is 7.08. The summed E-state index contributed by atoms with van der Waals surface area (Å²) in [6.07, 6.45) is 0. The Labute approximate surface area is 170 Å². The van der Waals surface area contributed by atoms with Gasteiger partial charge in [0.05, 0.1) is 10.5 Å². The van der Waals surface area contributed by atoms with Gasteiger partial charge in [-0.3, -0.25) is 4.79 Å². The van der Waals surface area contributed by atoms with Crippen molar-refractivity contribution in [2.24, 2.45) is 5.73 Å². The Balaban J connectivity index is 1.60. The summed E-state index contributed by atoms with van der Waals surface area (Å²) in [6.45, 7) is 0.449. The van der Waals surface area contributed by atoms with E-state index in [1.54, 1.807) is 41.7 Å². The van der Waals surface area contributed by atoms with Crippen LogP contribution < -0.4 is 15.8 Å². The van der Waals surface area contributed by atoms with E-state index in [1.807, 2.05) is 22.9 Å². The molecular weight excluding hydrogens is 396 g/mol. The maximum absolute atomic E-state index is 11.5. The van der Waals surface area contributed by atoms with E-state index in [9.17, 15) is 4.79 Å². The number of ether oxygens (including phenoxy) is 1. The van der Waals surface area contributed by atoms with E-state index in [-0.39, 0.29) is 5.82 Å². The molecular formula is C20H14ClN4O2S. The predicted molar refractivity (Wildman–Crippen MR) is 110 cm³/mol. The van der Waals surface area contributed by atoms with Crippen LogP contribution in [-0.4, -0.2) is 15.9 Å². The fourth-order valence-electron chi connectivity index (χ4n) is 2.59. The number of primary amides is 1. The Morgan fingerprint density at radius 1 is 1.29 bits per heavy atom. The summed E-state index contributed by atoms with van der Waals surface area (Å²) < 4.78 is 5.76. The fourth-order valence-corrected chi connectivity index (χ4v) is 3.48. The van der Waals surface area contributed by atoms with Crippen molar-refractivity contribution in [3.8, 4) is 5.75 Å². The van der Waals surface area contributed by atoms with Gasteiger partial charge in [-0.1, -0.05) is 17.7 Å². The average Bonchev–Trinajstić information content (AvgIpc) is 3.21. The van der Waals surface area contributed by atoms with Crippen LogP contribution in [0.25, 0.3) is 10.9 Å². The molecule has 0 unspecified atom stereocenters. The molecule has 1 radical (unpaired) electrons. The molecule has 0 saturated carbocycles. The van der Waals surface area contributed by atoms with Crippen LogP contribution in [0.1, 0.15) is 16.2 Å². The smallest absolute Gasteiger partial charge is 0.286 e. The van der Waals surface area contributed by atoms with Crippen LogP contribution in [0.2, 0.25) is 5.02 Å². The second kappa shape index (κ2) is 7.84. The van der Waals surface area contributed by atoms with Crippen molar-refractivity contribution in [1.29, 1.82) is 0 Å². The number of aromatic nitrogens is 2. The van der Waals surface area contributed by atoms with E-state index in [0.717, 1.165) is 5.56 Å². The first kappa shape index (κ1) is 18.2. The van der Waals surface area contributed by atoms with Crippen molar-refractivity contribution in [2.45, 2.75) is 6.61 Å². The summed E-state index contributed by atoms with van der Waals surface area (Å²) in [7, 11) is 0. The number of nitrogens with two attached hydrogens (primary N) is 1. The van der Waals surface area contributed by atoms with Crippen molar-refractivity contribution >= 4 is 51.3 Å². The van der Waals surface area contributed by atoms with Crippen LogP contribution in [0, 0.1) is 6.07 Å². The van der Waals surface area contributed by atoms with E-state index in [1.165, 1.54) is 0 Å². The number of carbonyl (C=O) groups excluding carboxylic acids is 1. The first-order chi connectivity index (χ1) is 13.6. The number of benzene rings is 2. The predicted octanol–water partition coefficient (Wildman–Crippen LogP) is 4.57. The zero-order valence-electron chi connectivity index (χ0n) is 14.5. The maximum Gasteiger partial charge on any atom is 0.286 e. The molecule has 3 N–H and O–H groups in total. The van der Waals surface area contributed by atoms with E-state index < -0.39 is 5.91 Å². The lowest BCUT2D eigenvalue weighted by atomic mass is 10.2. The first-order valence-corrected chi connectivity index (χ1v) is 9.60. The normalized spacial score (nSPS) is 10.8. The number of anilines is 2. The molecule has 6 nitrogen and oxygen atoms in total. The molecule has 0 aliphatic carbocycles. The highest BCUT2D eigenvalue weighted by molar-refractivity contribution is 7.07. The molecule has 0 saturated heterocycles. The molecule has 2 aromatic heterocycles. The van der Waals surface area contributed by atoms with Crippen molar-refractivity contribution in [1.82, 2.24) is 9.97 Å². The fraction of sp³-hybridized carbons (Fsp3) is 0.0500. The average molecular weight is 410 g/mol. The van der Waals surface area contributed by atoms with Crippen molar-refractivity contribution < 1.29 is 9.53 Å². The summed E-state index contributed by atoms with van der Waals surface area (Å²) in [5.74, 6) is 0.256. The highest BCUT2D eigenvalue weighted by Crippen LogP contribution is 2.31. The standard InChI is InChI=1S/C20H14ClN4O2S/c21-15-9-13(5-6-17(15)27-10-12-7-8-28-11-12)23-19-14-3-1-2-4-16(14)24-20(25-19)18(22)26/h2-9,11H,10H2,(H2,22,26)(H,23,24,25). The molecule has 0 fully saturated rings. The molecule has 2 heterocycles. The number of amides is 1. The van der Waals surface area contributed by atoms with Crippen LogP contribution in [0.15, 0.2) is 53.2 Å². The number of halogens is 1. The van der Waals surface area contributed by atoms with Gasteiger partial charge < -0.3 is 15.8 Å². The lowest BCUT2D eigenvalue weighted by Crippen LogP contribution is -2.16. The number of rotatable bonds is 6. The van der Waals surface area contributed by atoms with Gasteiger partial charge in [-0.25, -0.2) is 9.97 Å². The molecule has 28 heavy (non-hydrogen) atoms. The number of hydrogen-bond donors (Lipinski definition) is 2. The molecule has 2 aromatic carbocycles. The first-order valence-electron chi connectivity index (χ1n) is 8.28. The third-order valence-electron chi connectivity index (χ3n) is 3.93. The topological polar surface area (TPSA) is 90.1 Å². The van der Waals surface area contributed by atoms with Gasteiger partial charge in [-0.15, -0.1) is 0 Å². The van der Waals surface area contributed by atoms with Gasteiger partial charge in [0.25, 0.3) is 5.91 Å². The zero-order chi connectivity index (χ0) is 19.5. The van der Waals surface area contributed by atoms with E-state index in [0.29, 0.717) is 39.8 Å². The SMILES string of the molecule is NC(=O)c1nc(Nc2ccc(OCc3ccsc3)c(Cl)c2)c2c[c]ccc2n1. The molecule has 0 spiro atoms. The lowest BCUT2D eigenvalue weighted by molar-refractivity contribution is 0.0991. The molecule has 8 heteroatoms. The van der Waals surface area contributed by atoms with Gasteiger partial charge in [0, 0.05) is 11.1 Å². The number of carbonyl (C=O) groups is 1. The summed E-state index contributed by atoms with van der Waals surface area (Å²) in [4.78, 5) is 19.9. The van der Waals surface area contributed by atoms with Crippen LogP contribution in [0.5, 0.6) is 5.75 Å². The molecule has 4 aromatic rings. The quantitative estimate of drug-likeness (QED) is 0.487. The van der Waals surface area contributed by atoms with Gasteiger partial charge in [-0.05, 0) is 58.8 Å². The number of hydrogen-bond acceptors (Lipinski definition) is 6. The zero-order valence-corrected chi connectivity index (χ0v) is 16.1. The van der Waals surface area contributed by atoms with Crippen LogP contribution in [0.4, 0.5) is 11.5 Å². The van der Waals surface area contributed by atoms with Gasteiger partial charge in [0.2, 0.25) is 5.82 Å². The summed E-state index contributed by atoms with van der Waals surface area (Å²) >= 11 is 7.98. The third kappa shape index (κ3) is 3.90. The summed E-state index contributed by atoms with van der Waals surface area (Å²) in [6, 6.07) is 15.5. The molecule has 1 amide bonds. The molecule has 139 valence electrons. The molecule has 0 atom stereocenters. The number of nitrogens with zero attached hydrogens (tertiary/aromatic N) is 2. The second-order valence-electron chi connectivity index (χ2n) is 5.89. The maximum atomic E-state index is 11.5. The minimum absolute atomic E-state index is 0.0667. The Morgan fingerprint density at radius 2 is 2.18 bits per heavy atom. The van der Waals surface area contributed by atoms with Gasteiger partial charge >= 0.3 is 0 Å². The highest BCUT2D eigenvalue weighted by Gasteiger charge is 2.12. The monoisotopic (exact) mass is 409 g/mol. The Morgan fingerprint density at radius 3 is 2.93 bits per heavy atom. The molecule has 4 rings (SSSR count). The minimum atomic E-state index is -0.701. The molecule has 0 aliphatic rings. The highest BCUT2D eigenvalue weighted by atomic mass is 35.5. The lowest BCUT2D eigenvalue weighted by Gasteiger charge is -2.12. The van der Waals surface area contributed by atoms with Crippen LogP contribution in [-0.2, 0) is 6.61 Å². The van der Waals surface area contributed by atoms with Gasteiger partial charge in [0.15, 0.2) is 0 Å². The minimum Gasteiger partial charge on any atom is -0.487 e. The van der Waals surface area contributed by atoms with Crippen molar-refractivity contribution in [2.75, 3.05) is 5.32 Å². The van der Waals surface area contributed by atoms with Gasteiger partial charge in [0.1, 0.15) is 18.2 Å². The molecule has 0 bridgehead atoms. The Bertz CT molecular complexity index is 1150. The van der Waals surface area contributed by atoms with Gasteiger partial charge in [-0.2, -0.15) is 11.3 Å². The molecule has 0 aliphatic heterocycles. The van der Waals surface area contributed by atoms with E-state index in [2.05, 4.69) is 21.4 Å². The Hall–Kier alpha value is -3.16. The Kier molecular flexibility index (Phi) is 5.10. The van der Waals surface area contributed by atoms with E-state index >= 15 is 0 Å². The number of nitrogens with one attached hydrogen (secondary N) is 1. The van der Waals surface area contributed by atoms with Crippen molar-refractivity contribution in [3.05, 3.63) is 75.7 Å².